The molecule has 7 nitrogen and oxygen atoms in total. The van der Waals surface area contributed by atoms with Crippen molar-refractivity contribution in [2.24, 2.45) is 11.8 Å². The number of hydrogen-bond acceptors (Lipinski definition) is 5. The zero-order chi connectivity index (χ0) is 23.9. The van der Waals surface area contributed by atoms with Crippen molar-refractivity contribution in [3.8, 4) is 11.4 Å². The molecule has 0 saturated carbocycles. The molecule has 176 valence electrons. The summed E-state index contributed by atoms with van der Waals surface area (Å²) in [6.45, 7) is 11.9. The number of carbonyl (C=O) groups excluding carboxylic acids is 1. The lowest BCUT2D eigenvalue weighted by molar-refractivity contribution is -0.134. The van der Waals surface area contributed by atoms with Gasteiger partial charge in [-0.2, -0.15) is 0 Å². The Labute approximate surface area is 197 Å². The number of nitrogens with zero attached hydrogens (tertiary/aromatic N) is 3. The first kappa shape index (κ1) is 23.3. The van der Waals surface area contributed by atoms with Gasteiger partial charge in [0.2, 0.25) is 5.91 Å². The molecule has 2 atom stereocenters. The summed E-state index contributed by atoms with van der Waals surface area (Å²) < 4.78 is 8.14. The molecule has 1 amide bonds. The van der Waals surface area contributed by atoms with Crippen LogP contribution in [0, 0.1) is 25.7 Å². The number of piperidine rings is 1. The number of thiophene rings is 1. The molecule has 0 spiro atoms. The normalized spacial score (nSPS) is 18.6. The van der Waals surface area contributed by atoms with Gasteiger partial charge in [0, 0.05) is 18.0 Å². The zero-order valence-electron chi connectivity index (χ0n) is 19.9. The van der Waals surface area contributed by atoms with Gasteiger partial charge in [0.1, 0.15) is 17.1 Å². The highest BCUT2D eigenvalue weighted by Gasteiger charge is 2.27. The average Bonchev–Trinajstić information content (AvgIpc) is 3.06. The predicted octanol–water partition coefficient (Wildman–Crippen LogP) is 3.73. The first-order valence-corrected chi connectivity index (χ1v) is 12.3. The van der Waals surface area contributed by atoms with Crippen LogP contribution in [0.5, 0.6) is 5.75 Å². The van der Waals surface area contributed by atoms with Gasteiger partial charge in [0.15, 0.2) is 0 Å². The lowest BCUT2D eigenvalue weighted by Crippen LogP contribution is -2.46. The SMILES string of the molecule is CCOc1ccc(-n2c(=O)c3c(C)c(C)sc3n(CC(=O)N3C[C@H](C)C[C@H](C)C3)c2=O)cc1. The minimum atomic E-state index is -0.496. The van der Waals surface area contributed by atoms with Gasteiger partial charge in [-0.3, -0.25) is 14.2 Å². The van der Waals surface area contributed by atoms with E-state index >= 15 is 0 Å². The molecule has 3 aromatic rings. The highest BCUT2D eigenvalue weighted by atomic mass is 32.1. The van der Waals surface area contributed by atoms with Crippen LogP contribution in [0.2, 0.25) is 0 Å². The summed E-state index contributed by atoms with van der Waals surface area (Å²) in [4.78, 5) is 43.7. The van der Waals surface area contributed by atoms with Crippen molar-refractivity contribution in [3.05, 3.63) is 55.5 Å². The summed E-state index contributed by atoms with van der Waals surface area (Å²) in [5.74, 6) is 1.44. The van der Waals surface area contributed by atoms with Crippen LogP contribution >= 0.6 is 11.3 Å². The maximum absolute atomic E-state index is 13.6. The average molecular weight is 470 g/mol. The highest BCUT2D eigenvalue weighted by Crippen LogP contribution is 2.28. The molecule has 33 heavy (non-hydrogen) atoms. The van der Waals surface area contributed by atoms with Gasteiger partial charge in [0.05, 0.1) is 17.7 Å². The van der Waals surface area contributed by atoms with E-state index in [9.17, 15) is 14.4 Å². The van der Waals surface area contributed by atoms with Gasteiger partial charge < -0.3 is 9.64 Å². The minimum Gasteiger partial charge on any atom is -0.494 e. The Balaban J connectivity index is 1.84. The fourth-order valence-electron chi connectivity index (χ4n) is 4.78. The number of fused-ring (bicyclic) bond motifs is 1. The number of ether oxygens (including phenoxy) is 1. The third-order valence-electron chi connectivity index (χ3n) is 6.37. The summed E-state index contributed by atoms with van der Waals surface area (Å²) in [6.07, 6.45) is 1.10. The van der Waals surface area contributed by atoms with Crippen molar-refractivity contribution in [1.82, 2.24) is 14.0 Å². The van der Waals surface area contributed by atoms with E-state index in [4.69, 9.17) is 4.74 Å². The molecule has 1 saturated heterocycles. The molecule has 1 aliphatic heterocycles. The molecule has 2 aromatic heterocycles. The van der Waals surface area contributed by atoms with Crippen LogP contribution in [-0.2, 0) is 11.3 Å². The number of likely N-dealkylation sites (tertiary alicyclic amines) is 1. The summed E-state index contributed by atoms with van der Waals surface area (Å²) >= 11 is 1.40. The van der Waals surface area contributed by atoms with E-state index in [-0.39, 0.29) is 18.0 Å². The predicted molar refractivity (Wildman–Crippen MR) is 132 cm³/mol. The monoisotopic (exact) mass is 469 g/mol. The van der Waals surface area contributed by atoms with E-state index in [1.807, 2.05) is 25.7 Å². The number of rotatable bonds is 5. The quantitative estimate of drug-likeness (QED) is 0.571. The topological polar surface area (TPSA) is 73.5 Å². The second kappa shape index (κ2) is 9.17. The molecular formula is C25H31N3O4S. The van der Waals surface area contributed by atoms with Gasteiger partial charge in [-0.25, -0.2) is 9.36 Å². The number of hydrogen-bond donors (Lipinski definition) is 0. The third-order valence-corrected chi connectivity index (χ3v) is 7.60. The second-order valence-corrected chi connectivity index (χ2v) is 10.3. The van der Waals surface area contributed by atoms with E-state index in [0.717, 1.165) is 16.9 Å². The Kier molecular flexibility index (Phi) is 6.47. The number of amides is 1. The molecule has 0 aliphatic carbocycles. The van der Waals surface area contributed by atoms with Crippen molar-refractivity contribution >= 4 is 27.5 Å². The van der Waals surface area contributed by atoms with Crippen LogP contribution in [0.25, 0.3) is 15.9 Å². The van der Waals surface area contributed by atoms with E-state index < -0.39 is 5.69 Å². The fourth-order valence-corrected chi connectivity index (χ4v) is 5.92. The molecule has 4 rings (SSSR count). The van der Waals surface area contributed by atoms with Crippen molar-refractivity contribution in [1.29, 1.82) is 0 Å². The summed E-state index contributed by atoms with van der Waals surface area (Å²) in [5, 5.41) is 0.499. The Morgan fingerprint density at radius 2 is 1.73 bits per heavy atom. The van der Waals surface area contributed by atoms with E-state index in [2.05, 4.69) is 13.8 Å². The van der Waals surface area contributed by atoms with Crippen molar-refractivity contribution in [2.75, 3.05) is 19.7 Å². The summed E-state index contributed by atoms with van der Waals surface area (Å²) in [6, 6.07) is 6.89. The Hall–Kier alpha value is -2.87. The molecule has 0 unspecified atom stereocenters. The van der Waals surface area contributed by atoms with Gasteiger partial charge in [-0.15, -0.1) is 11.3 Å². The molecule has 0 N–H and O–H groups in total. The van der Waals surface area contributed by atoms with Crippen LogP contribution in [0.4, 0.5) is 0 Å². The third kappa shape index (κ3) is 4.36. The van der Waals surface area contributed by atoms with Crippen molar-refractivity contribution in [2.45, 2.75) is 47.6 Å². The van der Waals surface area contributed by atoms with E-state index in [1.165, 1.54) is 20.5 Å². The number of benzene rings is 1. The van der Waals surface area contributed by atoms with E-state index in [0.29, 0.717) is 53.2 Å². The second-order valence-electron chi connectivity index (χ2n) is 9.14. The largest absolute Gasteiger partial charge is 0.494 e. The van der Waals surface area contributed by atoms with Crippen LogP contribution in [0.3, 0.4) is 0 Å². The molecule has 1 aliphatic rings. The van der Waals surface area contributed by atoms with E-state index in [1.54, 1.807) is 24.3 Å². The number of aryl methyl sites for hydroxylation is 2. The Morgan fingerprint density at radius 1 is 1.09 bits per heavy atom. The Morgan fingerprint density at radius 3 is 2.33 bits per heavy atom. The Bertz CT molecular complexity index is 1290. The lowest BCUT2D eigenvalue weighted by Gasteiger charge is -2.35. The zero-order valence-corrected chi connectivity index (χ0v) is 20.7. The minimum absolute atomic E-state index is 0.0779. The van der Waals surface area contributed by atoms with Crippen molar-refractivity contribution < 1.29 is 9.53 Å². The van der Waals surface area contributed by atoms with Gasteiger partial charge in [-0.1, -0.05) is 13.8 Å². The van der Waals surface area contributed by atoms with Crippen LogP contribution in [0.1, 0.15) is 37.6 Å². The molecule has 1 fully saturated rings. The fraction of sp³-hybridized carbons (Fsp3) is 0.480. The molecular weight excluding hydrogens is 438 g/mol. The smallest absolute Gasteiger partial charge is 0.337 e. The first-order chi connectivity index (χ1) is 15.7. The van der Waals surface area contributed by atoms with Gasteiger partial charge in [-0.05, 0) is 68.9 Å². The first-order valence-electron chi connectivity index (χ1n) is 11.5. The van der Waals surface area contributed by atoms with Crippen LogP contribution in [-0.4, -0.2) is 39.6 Å². The molecule has 8 heteroatoms. The van der Waals surface area contributed by atoms with Gasteiger partial charge in [0.25, 0.3) is 5.56 Å². The molecule has 0 radical (unpaired) electrons. The highest BCUT2D eigenvalue weighted by molar-refractivity contribution is 7.18. The summed E-state index contributed by atoms with van der Waals surface area (Å²) in [7, 11) is 0. The van der Waals surface area contributed by atoms with Crippen LogP contribution in [0.15, 0.2) is 33.9 Å². The number of carbonyl (C=O) groups is 1. The molecule has 0 bridgehead atoms. The van der Waals surface area contributed by atoms with Crippen molar-refractivity contribution in [3.63, 3.8) is 0 Å². The maximum atomic E-state index is 13.6. The molecule has 3 heterocycles. The maximum Gasteiger partial charge on any atom is 0.337 e. The standard InChI is InChI=1S/C25H31N3O4S/c1-6-32-20-9-7-19(8-10-20)28-23(30)22-17(4)18(5)33-24(22)27(25(28)31)14-21(29)26-12-15(2)11-16(3)13-26/h7-10,15-16H,6,11-14H2,1-5H3/t15-,16+. The summed E-state index contributed by atoms with van der Waals surface area (Å²) in [5.41, 5.74) is 0.454. The number of aromatic nitrogens is 2. The molecule has 1 aromatic carbocycles. The lowest BCUT2D eigenvalue weighted by atomic mass is 9.92. The van der Waals surface area contributed by atoms with Crippen LogP contribution < -0.4 is 16.0 Å². The van der Waals surface area contributed by atoms with Gasteiger partial charge >= 0.3 is 5.69 Å².